The number of aliphatic carboxylic acids is 1. The van der Waals surface area contributed by atoms with Crippen LogP contribution in [0, 0.1) is 0 Å². The number of hydrogen-bond acceptors (Lipinski definition) is 7. The number of allylic oxidation sites excluding steroid dienone is 2. The first-order valence-electron chi connectivity index (χ1n) is 12.5. The van der Waals surface area contributed by atoms with Gasteiger partial charge >= 0.3 is 5.97 Å². The number of fused-ring (bicyclic) bond motifs is 1. The lowest BCUT2D eigenvalue weighted by molar-refractivity contribution is -0.129. The monoisotopic (exact) mass is 522 g/mol. The van der Waals surface area contributed by atoms with Gasteiger partial charge in [-0.2, -0.15) is 10.1 Å². The molecule has 0 radical (unpaired) electrons. The molecule has 3 heterocycles. The molecule has 5 rings (SSSR count). The van der Waals surface area contributed by atoms with Crippen LogP contribution in [0.2, 0.25) is 0 Å². The molecule has 0 unspecified atom stereocenters. The number of carbonyl (C=O) groups is 3. The number of amides is 1. The quantitative estimate of drug-likeness (QED) is 0.346. The number of rotatable bonds is 8. The van der Waals surface area contributed by atoms with Crippen LogP contribution >= 0.6 is 0 Å². The van der Waals surface area contributed by atoms with Crippen molar-refractivity contribution in [1.82, 2.24) is 4.98 Å². The molecule has 1 amide bonds. The molecule has 39 heavy (non-hydrogen) atoms. The average molecular weight is 523 g/mol. The van der Waals surface area contributed by atoms with Crippen molar-refractivity contribution in [2.75, 3.05) is 23.6 Å². The summed E-state index contributed by atoms with van der Waals surface area (Å²) in [5.41, 5.74) is 4.93. The highest BCUT2D eigenvalue weighted by atomic mass is 16.5. The fourth-order valence-corrected chi connectivity index (χ4v) is 4.90. The maximum absolute atomic E-state index is 13.0. The number of hydrogen-bond donors (Lipinski definition) is 1. The lowest BCUT2D eigenvalue weighted by Crippen LogP contribution is -2.25. The standard InChI is InChI=1S/C30H26N4O5/c1-39-23-12-10-21(11-13-23)33-17-4-8-25-24(15-18-35)20(9-14-27(25)33)5-2-7-26-28(30(37)38)32-34(29(26)36)22-6-3-16-31-19-22/h2-3,5-7,9-14,16,18-19H,4,8,15,17H2,1H3,(H,37,38)/b5-2+,26-7-. The van der Waals surface area contributed by atoms with Gasteiger partial charge in [0.2, 0.25) is 0 Å². The summed E-state index contributed by atoms with van der Waals surface area (Å²) in [6, 6.07) is 15.1. The summed E-state index contributed by atoms with van der Waals surface area (Å²) < 4.78 is 5.29. The fourth-order valence-electron chi connectivity index (χ4n) is 4.90. The lowest BCUT2D eigenvalue weighted by Gasteiger charge is -2.33. The summed E-state index contributed by atoms with van der Waals surface area (Å²) in [5.74, 6) is -1.07. The Labute approximate surface area is 225 Å². The molecule has 1 N–H and O–H groups in total. The Morgan fingerprint density at radius 2 is 1.95 bits per heavy atom. The lowest BCUT2D eigenvalue weighted by atomic mass is 9.90. The van der Waals surface area contributed by atoms with Crippen molar-refractivity contribution < 1.29 is 24.2 Å². The molecular weight excluding hydrogens is 496 g/mol. The van der Waals surface area contributed by atoms with Crippen molar-refractivity contribution in [2.24, 2.45) is 5.10 Å². The molecule has 0 aliphatic carbocycles. The minimum atomic E-state index is -1.30. The molecule has 196 valence electrons. The van der Waals surface area contributed by atoms with E-state index in [4.69, 9.17) is 4.74 Å². The Morgan fingerprint density at radius 3 is 2.64 bits per heavy atom. The van der Waals surface area contributed by atoms with Gasteiger partial charge in [-0.25, -0.2) is 4.79 Å². The summed E-state index contributed by atoms with van der Waals surface area (Å²) in [4.78, 5) is 42.7. The van der Waals surface area contributed by atoms with E-state index in [9.17, 15) is 19.5 Å². The van der Waals surface area contributed by atoms with Crippen LogP contribution in [0.25, 0.3) is 6.08 Å². The van der Waals surface area contributed by atoms with Crippen LogP contribution in [-0.4, -0.2) is 47.6 Å². The van der Waals surface area contributed by atoms with Crippen molar-refractivity contribution in [3.63, 3.8) is 0 Å². The van der Waals surface area contributed by atoms with Gasteiger partial charge in [0.25, 0.3) is 5.91 Å². The Balaban J connectivity index is 1.47. The van der Waals surface area contributed by atoms with E-state index in [1.807, 2.05) is 36.4 Å². The first-order valence-corrected chi connectivity index (χ1v) is 12.5. The second-order valence-electron chi connectivity index (χ2n) is 8.98. The van der Waals surface area contributed by atoms with Crippen molar-refractivity contribution >= 4 is 47.0 Å². The predicted octanol–water partition coefficient (Wildman–Crippen LogP) is 4.34. The molecule has 2 aliphatic rings. The number of aromatic nitrogens is 1. The summed E-state index contributed by atoms with van der Waals surface area (Å²) in [6.45, 7) is 0.855. The van der Waals surface area contributed by atoms with E-state index in [0.29, 0.717) is 5.69 Å². The van der Waals surface area contributed by atoms with Crippen LogP contribution in [-0.2, 0) is 27.2 Å². The minimum Gasteiger partial charge on any atom is -0.497 e. The number of methoxy groups -OCH3 is 1. The molecule has 3 aromatic rings. The molecule has 9 heteroatoms. The Bertz CT molecular complexity index is 1510. The zero-order valence-electron chi connectivity index (χ0n) is 21.3. The molecule has 2 aliphatic heterocycles. The van der Waals surface area contributed by atoms with Gasteiger partial charge in [-0.05, 0) is 78.1 Å². The third kappa shape index (κ3) is 5.06. The highest BCUT2D eigenvalue weighted by Gasteiger charge is 2.34. The number of carboxylic acid groups (broad SMARTS) is 1. The molecule has 0 saturated carbocycles. The number of carboxylic acids is 1. The van der Waals surface area contributed by atoms with Gasteiger partial charge in [0.1, 0.15) is 12.0 Å². The number of hydrazone groups is 1. The molecule has 0 atom stereocenters. The second-order valence-corrected chi connectivity index (χ2v) is 8.98. The molecular formula is C30H26N4O5. The van der Waals surface area contributed by atoms with Crippen LogP contribution < -0.4 is 14.6 Å². The fraction of sp³-hybridized carbons (Fsp3) is 0.167. The van der Waals surface area contributed by atoms with E-state index in [1.165, 1.54) is 12.3 Å². The van der Waals surface area contributed by atoms with Gasteiger partial charge in [0, 0.05) is 30.5 Å². The second kappa shape index (κ2) is 11.1. The van der Waals surface area contributed by atoms with Gasteiger partial charge < -0.3 is 19.5 Å². The average Bonchev–Trinajstić information content (AvgIpc) is 3.30. The normalized spacial score (nSPS) is 16.0. The van der Waals surface area contributed by atoms with Gasteiger partial charge in [-0.15, -0.1) is 0 Å². The van der Waals surface area contributed by atoms with E-state index in [-0.39, 0.29) is 17.7 Å². The zero-order valence-corrected chi connectivity index (χ0v) is 21.3. The van der Waals surface area contributed by atoms with Gasteiger partial charge in [-0.1, -0.05) is 18.2 Å². The Morgan fingerprint density at radius 1 is 1.13 bits per heavy atom. The third-order valence-corrected chi connectivity index (χ3v) is 6.72. The summed E-state index contributed by atoms with van der Waals surface area (Å²) in [5, 5.41) is 14.7. The topological polar surface area (TPSA) is 112 Å². The van der Waals surface area contributed by atoms with Crippen LogP contribution in [0.4, 0.5) is 17.1 Å². The summed E-state index contributed by atoms with van der Waals surface area (Å²) in [6.07, 6.45) is 10.7. The molecule has 2 aromatic carbocycles. The number of carbonyl (C=O) groups excluding carboxylic acids is 2. The number of pyridine rings is 1. The molecule has 9 nitrogen and oxygen atoms in total. The molecule has 0 bridgehead atoms. The maximum Gasteiger partial charge on any atom is 0.357 e. The summed E-state index contributed by atoms with van der Waals surface area (Å²) >= 11 is 0. The van der Waals surface area contributed by atoms with Crippen molar-refractivity contribution in [3.8, 4) is 5.75 Å². The number of ether oxygens (including phenoxy) is 1. The molecule has 0 spiro atoms. The van der Waals surface area contributed by atoms with Crippen molar-refractivity contribution in [3.05, 3.63) is 95.3 Å². The van der Waals surface area contributed by atoms with Crippen LogP contribution in [0.5, 0.6) is 5.75 Å². The maximum atomic E-state index is 13.0. The zero-order chi connectivity index (χ0) is 27.4. The third-order valence-electron chi connectivity index (χ3n) is 6.72. The highest BCUT2D eigenvalue weighted by molar-refractivity contribution is 6.52. The first-order chi connectivity index (χ1) is 19.0. The van der Waals surface area contributed by atoms with Gasteiger partial charge in [0.05, 0.1) is 24.6 Å². The van der Waals surface area contributed by atoms with E-state index in [1.54, 1.807) is 37.6 Å². The smallest absolute Gasteiger partial charge is 0.357 e. The van der Waals surface area contributed by atoms with Gasteiger partial charge in [0.15, 0.2) is 5.71 Å². The van der Waals surface area contributed by atoms with Crippen LogP contribution in [0.1, 0.15) is 23.1 Å². The molecule has 0 fully saturated rings. The number of benzene rings is 2. The Hall–Kier alpha value is -5.05. The van der Waals surface area contributed by atoms with Gasteiger partial charge in [-0.3, -0.25) is 9.78 Å². The molecule has 0 saturated heterocycles. The van der Waals surface area contributed by atoms with Crippen LogP contribution in [0.15, 0.2) is 83.8 Å². The predicted molar refractivity (Wildman–Crippen MR) is 148 cm³/mol. The highest BCUT2D eigenvalue weighted by Crippen LogP contribution is 2.37. The van der Waals surface area contributed by atoms with E-state index in [2.05, 4.69) is 15.0 Å². The number of aldehydes is 1. The SMILES string of the molecule is COc1ccc(N2CCCc3c2ccc(/C=C/C=C2\C(=O)N(c4cccnc4)N=C2C(=O)O)c3CC=O)cc1. The number of anilines is 3. The molecule has 1 aromatic heterocycles. The largest absolute Gasteiger partial charge is 0.497 e. The Kier molecular flexibility index (Phi) is 7.31. The minimum absolute atomic E-state index is 0.0387. The summed E-state index contributed by atoms with van der Waals surface area (Å²) in [7, 11) is 1.64. The first kappa shape index (κ1) is 25.6. The number of nitrogens with zero attached hydrogens (tertiary/aromatic N) is 4. The van der Waals surface area contributed by atoms with Crippen molar-refractivity contribution in [2.45, 2.75) is 19.3 Å². The van der Waals surface area contributed by atoms with E-state index in [0.717, 1.165) is 64.5 Å². The van der Waals surface area contributed by atoms with Crippen LogP contribution in [0.3, 0.4) is 0 Å². The van der Waals surface area contributed by atoms with E-state index < -0.39 is 11.9 Å². The van der Waals surface area contributed by atoms with E-state index >= 15 is 0 Å². The van der Waals surface area contributed by atoms with Crippen molar-refractivity contribution in [1.29, 1.82) is 0 Å².